The van der Waals surface area contributed by atoms with Crippen LogP contribution in [0.5, 0.6) is 0 Å². The third kappa shape index (κ3) is 373. The summed E-state index contributed by atoms with van der Waals surface area (Å²) < 4.78 is 0. The molecule has 0 atom stereocenters. The minimum atomic E-state index is -4.86. The Morgan fingerprint density at radius 1 is 1.14 bits per heavy atom. The summed E-state index contributed by atoms with van der Waals surface area (Å²) in [5.74, 6) is 0. The van der Waals surface area contributed by atoms with Gasteiger partial charge in [0.15, 0.2) is 0 Å². The van der Waals surface area contributed by atoms with E-state index in [4.69, 9.17) is 19.2 Å². The van der Waals surface area contributed by atoms with Crippen molar-refractivity contribution in [2.75, 3.05) is 0 Å². The van der Waals surface area contributed by atoms with E-state index >= 15 is 0 Å². The summed E-state index contributed by atoms with van der Waals surface area (Å²) in [6.07, 6.45) is 0. The van der Waals surface area contributed by atoms with Crippen molar-refractivity contribution in [3.8, 4) is 0 Å². The third-order valence-electron chi connectivity index (χ3n) is 0. The summed E-state index contributed by atoms with van der Waals surface area (Å²) >= 11 is 0. The van der Waals surface area contributed by atoms with Crippen LogP contribution in [0.3, 0.4) is 0 Å². The molecule has 0 rings (SSSR count). The zero-order chi connectivity index (χ0) is 4.50. The van der Waals surface area contributed by atoms with Crippen molar-refractivity contribution in [1.29, 1.82) is 0 Å². The molecule has 0 amide bonds. The molecule has 0 saturated heterocycles. The van der Waals surface area contributed by atoms with Crippen molar-refractivity contribution in [1.82, 2.24) is 6.15 Å². The molecule has 0 aliphatic carbocycles. The first-order chi connectivity index (χ1) is 2.00. The normalized spacial score (nSPS) is 8.57. The van der Waals surface area contributed by atoms with E-state index in [2.05, 4.69) is 0 Å². The second-order valence-corrected chi connectivity index (χ2v) is 1.72. The predicted octanol–water partition coefficient (Wildman–Crippen LogP) is -6.07. The molecule has 0 unspecified atom stereocenters. The van der Waals surface area contributed by atoms with Crippen LogP contribution in [-0.2, 0) is 0 Å². The van der Waals surface area contributed by atoms with E-state index in [1.54, 1.807) is 0 Å². The summed E-state index contributed by atoms with van der Waals surface area (Å²) in [5.41, 5.74) is 0. The van der Waals surface area contributed by atoms with Gasteiger partial charge in [-0.3, -0.25) is 0 Å². The van der Waals surface area contributed by atoms with Gasteiger partial charge in [-0.1, -0.05) is 0 Å². The molecule has 0 saturated carbocycles. The first-order valence-corrected chi connectivity index (χ1v) is 2.62. The standard InChI is InChI=1S/Li.H3N.H3O4Si/c;;1-5(2,3)4/h;1H3;1-3H/q+1;;-1. The van der Waals surface area contributed by atoms with Gasteiger partial charge in [0.25, 0.3) is 0 Å². The molecule has 0 fully saturated rings. The van der Waals surface area contributed by atoms with Crippen LogP contribution in [0, 0.1) is 0 Å². The largest absolute Gasteiger partial charge is 1.00 e. The minimum Gasteiger partial charge on any atom is -0.794 e. The molecule has 7 heavy (non-hydrogen) atoms. The predicted molar refractivity (Wildman–Crippen MR) is 17.4 cm³/mol. The SMILES string of the molecule is N.[Li+].[O-][Si](O)(O)O. The molecular formula is H6LiNO4Si. The average molecular weight is 119 g/mol. The first-order valence-electron chi connectivity index (χ1n) is 0.875. The number of hydrogen-bond donors (Lipinski definition) is 4. The molecule has 0 aliphatic heterocycles. The maximum Gasteiger partial charge on any atom is 1.00 e. The van der Waals surface area contributed by atoms with Gasteiger partial charge >= 0.3 is 27.9 Å². The second kappa shape index (κ2) is 4.77. The summed E-state index contributed by atoms with van der Waals surface area (Å²) in [4.78, 5) is 30.6. The van der Waals surface area contributed by atoms with Crippen molar-refractivity contribution in [2.24, 2.45) is 0 Å². The molecular weight excluding hydrogens is 113 g/mol. The zero-order valence-corrected chi connectivity index (χ0v) is 4.96. The molecule has 0 aromatic rings. The first kappa shape index (κ1) is 15.6. The summed E-state index contributed by atoms with van der Waals surface area (Å²) in [7, 11) is -4.86. The zero-order valence-electron chi connectivity index (χ0n) is 3.96. The van der Waals surface area contributed by atoms with Crippen molar-refractivity contribution in [3.05, 3.63) is 0 Å². The fraction of sp³-hybridized carbons (Fsp3) is 0. The molecule has 0 aromatic carbocycles. The fourth-order valence-electron chi connectivity index (χ4n) is 0. The van der Waals surface area contributed by atoms with Gasteiger partial charge in [0.05, 0.1) is 0 Å². The van der Waals surface area contributed by atoms with E-state index in [9.17, 15) is 0 Å². The van der Waals surface area contributed by atoms with Crippen molar-refractivity contribution >= 4 is 9.05 Å². The Balaban J connectivity index is -0.0000000800. The Morgan fingerprint density at radius 3 is 1.14 bits per heavy atom. The maximum atomic E-state index is 8.91. The summed E-state index contributed by atoms with van der Waals surface area (Å²) in [6.45, 7) is 0. The van der Waals surface area contributed by atoms with E-state index in [-0.39, 0.29) is 25.0 Å². The van der Waals surface area contributed by atoms with Gasteiger partial charge in [-0.05, 0) is 0 Å². The molecule has 0 radical (unpaired) electrons. The van der Waals surface area contributed by atoms with Crippen LogP contribution in [0.4, 0.5) is 0 Å². The fourth-order valence-corrected chi connectivity index (χ4v) is 0. The van der Waals surface area contributed by atoms with Gasteiger partial charge in [0, 0.05) is 0 Å². The van der Waals surface area contributed by atoms with Gasteiger partial charge in [0.1, 0.15) is 0 Å². The smallest absolute Gasteiger partial charge is 0.794 e. The molecule has 7 heteroatoms. The number of hydrogen-bond acceptors (Lipinski definition) is 5. The molecule has 0 aromatic heterocycles. The molecule has 5 nitrogen and oxygen atoms in total. The van der Waals surface area contributed by atoms with Crippen LogP contribution >= 0.6 is 0 Å². The van der Waals surface area contributed by atoms with Crippen molar-refractivity contribution in [3.63, 3.8) is 0 Å². The van der Waals surface area contributed by atoms with Crippen molar-refractivity contribution < 1.29 is 38.0 Å². The van der Waals surface area contributed by atoms with E-state index in [1.807, 2.05) is 0 Å². The summed E-state index contributed by atoms with van der Waals surface area (Å²) in [6, 6.07) is 0. The van der Waals surface area contributed by atoms with E-state index in [0.717, 1.165) is 0 Å². The molecule has 6 N–H and O–H groups in total. The van der Waals surface area contributed by atoms with Crippen LogP contribution in [0.15, 0.2) is 0 Å². The maximum absolute atomic E-state index is 8.91. The average Bonchev–Trinajstić information content (AvgIpc) is 0.722. The molecule has 0 aliphatic rings. The van der Waals surface area contributed by atoms with Crippen LogP contribution < -0.4 is 29.8 Å². The minimum absolute atomic E-state index is 0. The van der Waals surface area contributed by atoms with Gasteiger partial charge in [-0.2, -0.15) is 0 Å². The van der Waals surface area contributed by atoms with Gasteiger partial charge < -0.3 is 25.3 Å². The monoisotopic (exact) mass is 119 g/mol. The van der Waals surface area contributed by atoms with Crippen LogP contribution in [0.25, 0.3) is 0 Å². The van der Waals surface area contributed by atoms with Crippen LogP contribution in [0.1, 0.15) is 0 Å². The Morgan fingerprint density at radius 2 is 1.14 bits per heavy atom. The van der Waals surface area contributed by atoms with E-state index in [0.29, 0.717) is 0 Å². The van der Waals surface area contributed by atoms with Crippen LogP contribution in [0.2, 0.25) is 0 Å². The Bertz CT molecular complexity index is 27.2. The molecule has 0 spiro atoms. The van der Waals surface area contributed by atoms with Crippen LogP contribution in [-0.4, -0.2) is 23.4 Å². The quantitative estimate of drug-likeness (QED) is 0.237. The second-order valence-electron chi connectivity index (χ2n) is 0.574. The van der Waals surface area contributed by atoms with E-state index in [1.165, 1.54) is 0 Å². The summed E-state index contributed by atoms with van der Waals surface area (Å²) in [5, 5.41) is 0. The third-order valence-corrected chi connectivity index (χ3v) is 0. The Hall–Kier alpha value is 0.614. The Kier molecular flexibility index (Phi) is 10.7. The number of rotatable bonds is 0. The van der Waals surface area contributed by atoms with Gasteiger partial charge in [0.2, 0.25) is 0 Å². The van der Waals surface area contributed by atoms with Crippen molar-refractivity contribution in [2.45, 2.75) is 0 Å². The molecule has 0 bridgehead atoms. The molecule has 0 heterocycles. The van der Waals surface area contributed by atoms with Gasteiger partial charge in [-0.15, -0.1) is 0 Å². The Labute approximate surface area is 53.9 Å². The molecule has 40 valence electrons. The van der Waals surface area contributed by atoms with E-state index < -0.39 is 9.05 Å². The topological polar surface area (TPSA) is 119 Å². The van der Waals surface area contributed by atoms with Gasteiger partial charge in [-0.25, -0.2) is 0 Å².